The molecule has 0 aromatic heterocycles. The van der Waals surface area contributed by atoms with E-state index in [9.17, 15) is 14.0 Å². The van der Waals surface area contributed by atoms with Crippen LogP contribution in [0.1, 0.15) is 36.0 Å². The topological polar surface area (TPSA) is 58.6 Å². The summed E-state index contributed by atoms with van der Waals surface area (Å²) in [6, 6.07) is 12.8. The van der Waals surface area contributed by atoms with Gasteiger partial charge in [0, 0.05) is 32.5 Å². The van der Waals surface area contributed by atoms with Crippen LogP contribution in [-0.4, -0.2) is 43.5 Å². The Morgan fingerprint density at radius 1 is 1.20 bits per heavy atom. The molecule has 2 amide bonds. The van der Waals surface area contributed by atoms with Gasteiger partial charge in [0.05, 0.1) is 13.0 Å². The Balaban J connectivity index is 1.66. The zero-order valence-corrected chi connectivity index (χ0v) is 17.8. The quantitative estimate of drug-likeness (QED) is 0.791. The minimum Gasteiger partial charge on any atom is -0.496 e. The van der Waals surface area contributed by atoms with Crippen LogP contribution in [0.3, 0.4) is 0 Å². The van der Waals surface area contributed by atoms with Crippen molar-refractivity contribution in [3.8, 4) is 5.75 Å². The zero-order chi connectivity index (χ0) is 21.7. The Hall–Kier alpha value is -2.89. The number of ether oxygens (including phenoxy) is 1. The summed E-state index contributed by atoms with van der Waals surface area (Å²) in [7, 11) is 1.63. The summed E-state index contributed by atoms with van der Waals surface area (Å²) in [6.07, 6.45) is 1.30. The number of methoxy groups -OCH3 is 1. The number of benzene rings is 2. The molecule has 1 heterocycles. The van der Waals surface area contributed by atoms with Crippen LogP contribution in [0.15, 0.2) is 42.5 Å². The molecule has 2 atom stereocenters. The lowest BCUT2D eigenvalue weighted by Crippen LogP contribution is -2.47. The molecule has 6 heteroatoms. The van der Waals surface area contributed by atoms with E-state index in [0.717, 1.165) is 16.9 Å². The molecule has 0 saturated carbocycles. The standard InChI is InChI=1S/C24H29FN2O3/c1-16-12-19(8-9-22(16)25)20-13-21(15-27(14-20)17(2)28)24(29)26-11-10-18-6-4-5-7-23(18)30-3/h4-9,12,20-21H,10-11,13-15H2,1-3H3,(H,26,29). The highest BCUT2D eigenvalue weighted by Crippen LogP contribution is 2.31. The van der Waals surface area contributed by atoms with Crippen molar-refractivity contribution in [1.82, 2.24) is 10.2 Å². The van der Waals surface area contributed by atoms with Gasteiger partial charge in [0.1, 0.15) is 11.6 Å². The van der Waals surface area contributed by atoms with E-state index >= 15 is 0 Å². The molecule has 30 heavy (non-hydrogen) atoms. The number of para-hydroxylation sites is 1. The Bertz CT molecular complexity index is 915. The summed E-state index contributed by atoms with van der Waals surface area (Å²) in [5.41, 5.74) is 2.57. The van der Waals surface area contributed by atoms with E-state index in [1.54, 1.807) is 25.0 Å². The number of likely N-dealkylation sites (tertiary alicyclic amines) is 1. The van der Waals surface area contributed by atoms with Crippen molar-refractivity contribution in [2.45, 2.75) is 32.6 Å². The zero-order valence-electron chi connectivity index (χ0n) is 17.8. The largest absolute Gasteiger partial charge is 0.496 e. The maximum atomic E-state index is 13.7. The lowest BCUT2D eigenvalue weighted by atomic mass is 9.83. The number of hydrogen-bond donors (Lipinski definition) is 1. The first kappa shape index (κ1) is 21.8. The molecule has 0 spiro atoms. The molecule has 2 aromatic carbocycles. The van der Waals surface area contributed by atoms with Gasteiger partial charge in [-0.1, -0.05) is 30.3 Å². The third-order valence-electron chi connectivity index (χ3n) is 5.81. The predicted octanol–water partition coefficient (Wildman–Crippen LogP) is 3.45. The second kappa shape index (κ2) is 9.74. The van der Waals surface area contributed by atoms with Crippen LogP contribution in [0.2, 0.25) is 0 Å². The molecule has 2 aromatic rings. The van der Waals surface area contributed by atoms with Crippen LogP contribution in [0, 0.1) is 18.7 Å². The average Bonchev–Trinajstić information content (AvgIpc) is 2.75. The van der Waals surface area contributed by atoms with Gasteiger partial charge >= 0.3 is 0 Å². The molecule has 0 aliphatic carbocycles. The molecule has 0 radical (unpaired) electrons. The number of halogens is 1. The molecule has 1 aliphatic rings. The highest BCUT2D eigenvalue weighted by atomic mass is 19.1. The normalized spacial score (nSPS) is 18.7. The highest BCUT2D eigenvalue weighted by Gasteiger charge is 2.33. The van der Waals surface area contributed by atoms with Gasteiger partial charge in [-0.3, -0.25) is 9.59 Å². The molecule has 1 saturated heterocycles. The van der Waals surface area contributed by atoms with Crippen molar-refractivity contribution < 1.29 is 18.7 Å². The van der Waals surface area contributed by atoms with E-state index in [2.05, 4.69) is 5.32 Å². The van der Waals surface area contributed by atoms with Gasteiger partial charge in [0.15, 0.2) is 0 Å². The fourth-order valence-corrected chi connectivity index (χ4v) is 4.08. The maximum absolute atomic E-state index is 13.7. The fourth-order valence-electron chi connectivity index (χ4n) is 4.08. The summed E-state index contributed by atoms with van der Waals surface area (Å²) >= 11 is 0. The van der Waals surface area contributed by atoms with Crippen LogP contribution in [0.5, 0.6) is 5.75 Å². The second-order valence-corrected chi connectivity index (χ2v) is 7.92. The van der Waals surface area contributed by atoms with E-state index in [1.165, 1.54) is 13.0 Å². The minimum absolute atomic E-state index is 0.00640. The Morgan fingerprint density at radius 2 is 1.97 bits per heavy atom. The van der Waals surface area contributed by atoms with Gasteiger partial charge in [0.25, 0.3) is 0 Å². The van der Waals surface area contributed by atoms with E-state index in [1.807, 2.05) is 30.3 Å². The number of amides is 2. The summed E-state index contributed by atoms with van der Waals surface area (Å²) in [6.45, 7) is 4.70. The number of nitrogens with zero attached hydrogens (tertiary/aromatic N) is 1. The van der Waals surface area contributed by atoms with Crippen LogP contribution in [0.4, 0.5) is 4.39 Å². The Labute approximate surface area is 177 Å². The molecular weight excluding hydrogens is 383 g/mol. The smallest absolute Gasteiger partial charge is 0.224 e. The monoisotopic (exact) mass is 412 g/mol. The average molecular weight is 413 g/mol. The van der Waals surface area contributed by atoms with Gasteiger partial charge < -0.3 is 15.0 Å². The Morgan fingerprint density at radius 3 is 2.67 bits per heavy atom. The molecule has 1 fully saturated rings. The molecule has 1 aliphatic heterocycles. The summed E-state index contributed by atoms with van der Waals surface area (Å²) in [4.78, 5) is 26.6. The van der Waals surface area contributed by atoms with E-state index in [0.29, 0.717) is 38.0 Å². The third-order valence-corrected chi connectivity index (χ3v) is 5.81. The number of carbonyl (C=O) groups excluding carboxylic acids is 2. The van der Waals surface area contributed by atoms with Crippen molar-refractivity contribution in [2.75, 3.05) is 26.7 Å². The number of aryl methyl sites for hydroxylation is 1. The molecule has 0 bridgehead atoms. The van der Waals surface area contributed by atoms with E-state index in [-0.39, 0.29) is 29.5 Å². The van der Waals surface area contributed by atoms with Gasteiger partial charge in [-0.25, -0.2) is 4.39 Å². The van der Waals surface area contributed by atoms with Gasteiger partial charge in [-0.2, -0.15) is 0 Å². The van der Waals surface area contributed by atoms with Crippen LogP contribution in [-0.2, 0) is 16.0 Å². The minimum atomic E-state index is -0.296. The molecule has 3 rings (SSSR count). The van der Waals surface area contributed by atoms with E-state index in [4.69, 9.17) is 4.74 Å². The lowest BCUT2D eigenvalue weighted by Gasteiger charge is -2.37. The molecule has 160 valence electrons. The SMILES string of the molecule is COc1ccccc1CCNC(=O)C1CC(c2ccc(F)c(C)c2)CN(C(C)=O)C1. The summed E-state index contributed by atoms with van der Waals surface area (Å²) in [5.74, 6) is 0.162. The van der Waals surface area contributed by atoms with Crippen molar-refractivity contribution >= 4 is 11.8 Å². The Kier molecular flexibility index (Phi) is 7.08. The van der Waals surface area contributed by atoms with Crippen LogP contribution >= 0.6 is 0 Å². The van der Waals surface area contributed by atoms with Crippen molar-refractivity contribution in [2.24, 2.45) is 5.92 Å². The maximum Gasteiger partial charge on any atom is 0.224 e. The number of rotatable bonds is 6. The van der Waals surface area contributed by atoms with Crippen LogP contribution < -0.4 is 10.1 Å². The molecular formula is C24H29FN2O3. The predicted molar refractivity (Wildman–Crippen MR) is 114 cm³/mol. The first-order valence-corrected chi connectivity index (χ1v) is 10.3. The van der Waals surface area contributed by atoms with Gasteiger partial charge in [-0.05, 0) is 48.6 Å². The molecule has 1 N–H and O–H groups in total. The van der Waals surface area contributed by atoms with Crippen LogP contribution in [0.25, 0.3) is 0 Å². The van der Waals surface area contributed by atoms with E-state index < -0.39 is 0 Å². The summed E-state index contributed by atoms with van der Waals surface area (Å²) < 4.78 is 19.0. The molecule has 5 nitrogen and oxygen atoms in total. The summed E-state index contributed by atoms with van der Waals surface area (Å²) in [5, 5.41) is 3.01. The number of nitrogens with one attached hydrogen (secondary N) is 1. The fraction of sp³-hybridized carbons (Fsp3) is 0.417. The number of piperidine rings is 1. The highest BCUT2D eigenvalue weighted by molar-refractivity contribution is 5.81. The van der Waals surface area contributed by atoms with Crippen molar-refractivity contribution in [3.63, 3.8) is 0 Å². The van der Waals surface area contributed by atoms with Crippen molar-refractivity contribution in [1.29, 1.82) is 0 Å². The van der Waals surface area contributed by atoms with Gasteiger partial charge in [-0.15, -0.1) is 0 Å². The number of hydrogen-bond acceptors (Lipinski definition) is 3. The first-order chi connectivity index (χ1) is 14.4. The van der Waals surface area contributed by atoms with Gasteiger partial charge in [0.2, 0.25) is 11.8 Å². The first-order valence-electron chi connectivity index (χ1n) is 10.3. The third kappa shape index (κ3) is 5.17. The van der Waals surface area contributed by atoms with Crippen molar-refractivity contribution in [3.05, 3.63) is 65.0 Å². The molecule has 2 unspecified atom stereocenters. The second-order valence-electron chi connectivity index (χ2n) is 7.92. The lowest BCUT2D eigenvalue weighted by molar-refractivity contribution is -0.134. The number of carbonyl (C=O) groups is 2.